The zero-order valence-electron chi connectivity index (χ0n) is 9.70. The van der Waals surface area contributed by atoms with Gasteiger partial charge in [0.05, 0.1) is 0 Å². The van der Waals surface area contributed by atoms with E-state index in [1.165, 1.54) is 10.6 Å². The molecule has 5 nitrogen and oxygen atoms in total. The summed E-state index contributed by atoms with van der Waals surface area (Å²) in [6, 6.07) is 3.09. The Balaban J connectivity index is 2.45. The molecule has 0 aliphatic heterocycles. The minimum absolute atomic E-state index is 0.0534. The molecule has 0 saturated heterocycles. The van der Waals surface area contributed by atoms with E-state index < -0.39 is 0 Å². The number of carbonyl (C=O) groups excluding carboxylic acids is 1. The van der Waals surface area contributed by atoms with Crippen LogP contribution in [-0.4, -0.2) is 30.6 Å². The molecule has 0 radical (unpaired) electrons. The first-order chi connectivity index (χ1) is 8.13. The van der Waals surface area contributed by atoms with Gasteiger partial charge >= 0.3 is 0 Å². The van der Waals surface area contributed by atoms with Gasteiger partial charge in [-0.15, -0.1) is 0 Å². The summed E-state index contributed by atoms with van der Waals surface area (Å²) in [4.78, 5) is 23.0. The van der Waals surface area contributed by atoms with Gasteiger partial charge in [-0.3, -0.25) is 9.59 Å². The molecule has 0 aliphatic carbocycles. The normalized spacial score (nSPS) is 10.2. The minimum Gasteiger partial charge on any atom is -0.355 e. The van der Waals surface area contributed by atoms with Crippen LogP contribution in [0.5, 0.6) is 0 Å². The van der Waals surface area contributed by atoms with Crippen molar-refractivity contribution in [3.63, 3.8) is 0 Å². The number of nitrogens with zero attached hydrogens (tertiary/aromatic N) is 1. The largest absolute Gasteiger partial charge is 0.355 e. The number of amides is 1. The second-order valence-electron chi connectivity index (χ2n) is 3.62. The molecule has 0 aromatic carbocycles. The topological polar surface area (TPSA) is 63.1 Å². The van der Waals surface area contributed by atoms with Gasteiger partial charge in [0.15, 0.2) is 0 Å². The number of rotatable bonds is 6. The Morgan fingerprint density at radius 3 is 2.88 bits per heavy atom. The number of pyridine rings is 1. The highest BCUT2D eigenvalue weighted by molar-refractivity contribution is 9.10. The third-order valence-electron chi connectivity index (χ3n) is 2.19. The molecule has 0 saturated carbocycles. The van der Waals surface area contributed by atoms with Crippen LogP contribution in [-0.2, 0) is 11.3 Å². The first-order valence-electron chi connectivity index (χ1n) is 5.41. The first-order valence-corrected chi connectivity index (χ1v) is 6.20. The fourth-order valence-electron chi connectivity index (χ4n) is 1.33. The van der Waals surface area contributed by atoms with Gasteiger partial charge in [0.1, 0.15) is 6.54 Å². The van der Waals surface area contributed by atoms with Gasteiger partial charge in [-0.1, -0.05) is 0 Å². The SMILES string of the molecule is CNCCCNC(=O)Cn1cc(Br)ccc1=O. The smallest absolute Gasteiger partial charge is 0.251 e. The third kappa shape index (κ3) is 5.14. The average Bonchev–Trinajstić information content (AvgIpc) is 2.29. The van der Waals surface area contributed by atoms with Crippen molar-refractivity contribution in [1.82, 2.24) is 15.2 Å². The summed E-state index contributed by atoms with van der Waals surface area (Å²) in [5.41, 5.74) is -0.182. The van der Waals surface area contributed by atoms with Crippen LogP contribution in [0.1, 0.15) is 6.42 Å². The molecule has 0 fully saturated rings. The molecule has 1 rings (SSSR count). The summed E-state index contributed by atoms with van der Waals surface area (Å²) >= 11 is 3.26. The Kier molecular flexibility index (Phi) is 5.93. The van der Waals surface area contributed by atoms with E-state index in [0.29, 0.717) is 6.54 Å². The molecule has 0 aliphatic rings. The second kappa shape index (κ2) is 7.24. The Bertz CT molecular complexity index is 431. The standard InChI is InChI=1S/C11H16BrN3O2/c1-13-5-2-6-14-10(16)8-15-7-9(12)3-4-11(15)17/h3-4,7,13H,2,5-6,8H2,1H3,(H,14,16). The molecule has 1 aromatic heterocycles. The molecule has 1 amide bonds. The summed E-state index contributed by atoms with van der Waals surface area (Å²) < 4.78 is 2.15. The predicted molar refractivity (Wildman–Crippen MR) is 70.0 cm³/mol. The Hall–Kier alpha value is -1.14. The lowest BCUT2D eigenvalue weighted by Gasteiger charge is -2.07. The molecule has 0 atom stereocenters. The number of halogens is 1. The van der Waals surface area contributed by atoms with Crippen molar-refractivity contribution in [2.75, 3.05) is 20.1 Å². The zero-order valence-corrected chi connectivity index (χ0v) is 11.3. The van der Waals surface area contributed by atoms with Gasteiger partial charge in [0.25, 0.3) is 5.56 Å². The molecule has 6 heteroatoms. The number of nitrogens with one attached hydrogen (secondary N) is 2. The van der Waals surface area contributed by atoms with Crippen LogP contribution in [0.4, 0.5) is 0 Å². The summed E-state index contributed by atoms with van der Waals surface area (Å²) in [7, 11) is 1.86. The van der Waals surface area contributed by atoms with Crippen molar-refractivity contribution < 1.29 is 4.79 Å². The van der Waals surface area contributed by atoms with Crippen LogP contribution in [0, 0.1) is 0 Å². The lowest BCUT2D eigenvalue weighted by atomic mass is 10.4. The highest BCUT2D eigenvalue weighted by Gasteiger charge is 2.03. The van der Waals surface area contributed by atoms with Crippen molar-refractivity contribution in [2.24, 2.45) is 0 Å². The van der Waals surface area contributed by atoms with E-state index in [9.17, 15) is 9.59 Å². The predicted octanol–water partition coefficient (Wildman–Crippen LogP) is 0.336. The maximum absolute atomic E-state index is 11.5. The van der Waals surface area contributed by atoms with Gasteiger partial charge in [0, 0.05) is 23.3 Å². The van der Waals surface area contributed by atoms with E-state index in [0.717, 1.165) is 17.4 Å². The molecule has 1 heterocycles. The fourth-order valence-corrected chi connectivity index (χ4v) is 1.71. The number of carbonyl (C=O) groups is 1. The zero-order chi connectivity index (χ0) is 12.7. The molecule has 0 spiro atoms. The van der Waals surface area contributed by atoms with E-state index >= 15 is 0 Å². The monoisotopic (exact) mass is 301 g/mol. The molecule has 0 unspecified atom stereocenters. The van der Waals surface area contributed by atoms with E-state index in [1.54, 1.807) is 12.3 Å². The third-order valence-corrected chi connectivity index (χ3v) is 2.66. The fraction of sp³-hybridized carbons (Fsp3) is 0.455. The van der Waals surface area contributed by atoms with E-state index in [1.807, 2.05) is 7.05 Å². The van der Waals surface area contributed by atoms with Crippen molar-refractivity contribution >= 4 is 21.8 Å². The minimum atomic E-state index is -0.182. The molecule has 1 aromatic rings. The lowest BCUT2D eigenvalue weighted by molar-refractivity contribution is -0.121. The molecule has 94 valence electrons. The highest BCUT2D eigenvalue weighted by Crippen LogP contribution is 2.04. The summed E-state index contributed by atoms with van der Waals surface area (Å²) in [5.74, 6) is -0.152. The molecule has 17 heavy (non-hydrogen) atoms. The Morgan fingerprint density at radius 2 is 2.18 bits per heavy atom. The quantitative estimate of drug-likeness (QED) is 0.745. The first kappa shape index (κ1) is 13.9. The maximum Gasteiger partial charge on any atom is 0.251 e. The average molecular weight is 302 g/mol. The Morgan fingerprint density at radius 1 is 1.41 bits per heavy atom. The summed E-state index contributed by atoms with van der Waals surface area (Å²) in [5, 5.41) is 5.75. The molecule has 2 N–H and O–H groups in total. The van der Waals surface area contributed by atoms with Crippen LogP contribution < -0.4 is 16.2 Å². The van der Waals surface area contributed by atoms with Crippen LogP contribution in [0.15, 0.2) is 27.6 Å². The molecule has 0 bridgehead atoms. The molecular weight excluding hydrogens is 286 g/mol. The number of hydrogen-bond acceptors (Lipinski definition) is 3. The van der Waals surface area contributed by atoms with Crippen LogP contribution >= 0.6 is 15.9 Å². The van der Waals surface area contributed by atoms with Crippen molar-refractivity contribution in [2.45, 2.75) is 13.0 Å². The van der Waals surface area contributed by atoms with Gasteiger partial charge < -0.3 is 15.2 Å². The Labute approximate surface area is 108 Å². The lowest BCUT2D eigenvalue weighted by Crippen LogP contribution is -2.33. The summed E-state index contributed by atoms with van der Waals surface area (Å²) in [6.45, 7) is 1.53. The summed E-state index contributed by atoms with van der Waals surface area (Å²) in [6.07, 6.45) is 2.48. The second-order valence-corrected chi connectivity index (χ2v) is 4.54. The molecular formula is C11H16BrN3O2. The maximum atomic E-state index is 11.5. The van der Waals surface area contributed by atoms with E-state index in [-0.39, 0.29) is 18.0 Å². The van der Waals surface area contributed by atoms with Gasteiger partial charge in [-0.25, -0.2) is 0 Å². The van der Waals surface area contributed by atoms with Crippen molar-refractivity contribution in [1.29, 1.82) is 0 Å². The highest BCUT2D eigenvalue weighted by atomic mass is 79.9. The van der Waals surface area contributed by atoms with Gasteiger partial charge in [-0.2, -0.15) is 0 Å². The van der Waals surface area contributed by atoms with Crippen LogP contribution in [0.2, 0.25) is 0 Å². The van der Waals surface area contributed by atoms with Gasteiger partial charge in [0.2, 0.25) is 5.91 Å². The number of hydrogen-bond donors (Lipinski definition) is 2. The van der Waals surface area contributed by atoms with Crippen molar-refractivity contribution in [3.8, 4) is 0 Å². The van der Waals surface area contributed by atoms with Crippen molar-refractivity contribution in [3.05, 3.63) is 33.2 Å². The van der Waals surface area contributed by atoms with E-state index in [4.69, 9.17) is 0 Å². The van der Waals surface area contributed by atoms with Crippen LogP contribution in [0.3, 0.4) is 0 Å². The number of aromatic nitrogens is 1. The van der Waals surface area contributed by atoms with Gasteiger partial charge in [-0.05, 0) is 42.0 Å². The van der Waals surface area contributed by atoms with E-state index in [2.05, 4.69) is 26.6 Å². The van der Waals surface area contributed by atoms with Crippen LogP contribution in [0.25, 0.3) is 0 Å².